The molecule has 0 spiro atoms. The Hall–Kier alpha value is -3.49. The molecular formula is C20H20N6O4S. The van der Waals surface area contributed by atoms with Gasteiger partial charge in [0.05, 0.1) is 21.5 Å². The number of aryl methyl sites for hydroxylation is 1. The molecule has 1 aromatic heterocycles. The number of fused-ring (bicyclic) bond motifs is 1. The third-order valence-corrected chi connectivity index (χ3v) is 7.32. The Morgan fingerprint density at radius 1 is 1.19 bits per heavy atom. The number of aromatic amines is 1. The van der Waals surface area contributed by atoms with Crippen molar-refractivity contribution in [2.24, 2.45) is 0 Å². The van der Waals surface area contributed by atoms with Crippen LogP contribution in [0.5, 0.6) is 0 Å². The van der Waals surface area contributed by atoms with Crippen molar-refractivity contribution >= 4 is 32.7 Å². The number of anilines is 1. The van der Waals surface area contributed by atoms with Crippen LogP contribution >= 0.6 is 0 Å². The van der Waals surface area contributed by atoms with Gasteiger partial charge in [0.25, 0.3) is 5.69 Å². The molecule has 3 aromatic rings. The van der Waals surface area contributed by atoms with Gasteiger partial charge in [0.15, 0.2) is 0 Å². The quantitative estimate of drug-likeness (QED) is 0.486. The average molecular weight is 440 g/mol. The van der Waals surface area contributed by atoms with Crippen LogP contribution in [0.25, 0.3) is 11.0 Å². The normalized spacial score (nSPS) is 15.5. The van der Waals surface area contributed by atoms with Gasteiger partial charge < -0.3 is 9.88 Å². The number of H-pyrrole nitrogens is 1. The molecule has 1 fully saturated rings. The van der Waals surface area contributed by atoms with E-state index in [4.69, 9.17) is 0 Å². The van der Waals surface area contributed by atoms with Gasteiger partial charge in [0.2, 0.25) is 16.0 Å². The van der Waals surface area contributed by atoms with E-state index in [0.717, 1.165) is 0 Å². The first kappa shape index (κ1) is 20.8. The van der Waals surface area contributed by atoms with Gasteiger partial charge in [0.1, 0.15) is 11.0 Å². The van der Waals surface area contributed by atoms with Gasteiger partial charge in [-0.1, -0.05) is 12.1 Å². The molecule has 1 aliphatic heterocycles. The number of rotatable bonds is 4. The zero-order valence-corrected chi connectivity index (χ0v) is 17.6. The number of sulfonamides is 1. The lowest BCUT2D eigenvalue weighted by atomic mass is 10.1. The van der Waals surface area contributed by atoms with Crippen molar-refractivity contribution in [1.29, 1.82) is 5.26 Å². The Kier molecular flexibility index (Phi) is 5.34. The molecule has 0 atom stereocenters. The summed E-state index contributed by atoms with van der Waals surface area (Å²) in [5.74, 6) is 0.544. The van der Waals surface area contributed by atoms with Crippen molar-refractivity contribution < 1.29 is 13.3 Å². The number of hydrogen-bond acceptors (Lipinski definition) is 7. The summed E-state index contributed by atoms with van der Waals surface area (Å²) in [6.07, 6.45) is 0.574. The molecule has 0 radical (unpaired) electrons. The van der Waals surface area contributed by atoms with E-state index < -0.39 is 14.9 Å². The van der Waals surface area contributed by atoms with Crippen LogP contribution in [0.15, 0.2) is 41.3 Å². The molecule has 0 bridgehead atoms. The SMILES string of the molecule is Cc1cccc(S(=O)(=O)N2CCCN(c3nc4ccc([N+](=O)[O-])cc4[nH]3)CC2)c1C#N. The maximum absolute atomic E-state index is 13.2. The van der Waals surface area contributed by atoms with E-state index in [1.165, 1.54) is 22.5 Å². The highest BCUT2D eigenvalue weighted by Gasteiger charge is 2.30. The minimum Gasteiger partial charge on any atom is -0.341 e. The monoisotopic (exact) mass is 440 g/mol. The predicted molar refractivity (Wildman–Crippen MR) is 114 cm³/mol. The lowest BCUT2D eigenvalue weighted by Crippen LogP contribution is -2.35. The maximum atomic E-state index is 13.2. The Morgan fingerprint density at radius 3 is 2.74 bits per heavy atom. The number of imidazole rings is 1. The smallest absolute Gasteiger partial charge is 0.271 e. The Morgan fingerprint density at radius 2 is 2.00 bits per heavy atom. The van der Waals surface area contributed by atoms with E-state index in [0.29, 0.717) is 48.6 Å². The third-order valence-electron chi connectivity index (χ3n) is 5.38. The molecule has 160 valence electrons. The lowest BCUT2D eigenvalue weighted by molar-refractivity contribution is -0.384. The van der Waals surface area contributed by atoms with Crippen LogP contribution in [0.2, 0.25) is 0 Å². The summed E-state index contributed by atoms with van der Waals surface area (Å²) < 4.78 is 27.9. The van der Waals surface area contributed by atoms with Crippen LogP contribution in [0.1, 0.15) is 17.5 Å². The highest BCUT2D eigenvalue weighted by atomic mass is 32.2. The highest BCUT2D eigenvalue weighted by Crippen LogP contribution is 2.26. The molecule has 2 aromatic carbocycles. The first-order valence-corrected chi connectivity index (χ1v) is 11.1. The molecule has 11 heteroatoms. The van der Waals surface area contributed by atoms with Gasteiger partial charge >= 0.3 is 0 Å². The molecule has 1 aliphatic rings. The summed E-state index contributed by atoms with van der Waals surface area (Å²) >= 11 is 0. The van der Waals surface area contributed by atoms with Crippen LogP contribution < -0.4 is 4.90 Å². The number of aromatic nitrogens is 2. The van der Waals surface area contributed by atoms with Crippen LogP contribution in [0.4, 0.5) is 11.6 Å². The summed E-state index contributed by atoms with van der Waals surface area (Å²) in [5.41, 5.74) is 1.92. The van der Waals surface area contributed by atoms with Crippen molar-refractivity contribution in [3.8, 4) is 6.07 Å². The minimum absolute atomic E-state index is 0.0257. The van der Waals surface area contributed by atoms with Crippen molar-refractivity contribution in [3.05, 3.63) is 57.6 Å². The van der Waals surface area contributed by atoms with Gasteiger partial charge in [0, 0.05) is 38.3 Å². The van der Waals surface area contributed by atoms with Crippen LogP contribution in [0.3, 0.4) is 0 Å². The minimum atomic E-state index is -3.82. The second-order valence-electron chi connectivity index (χ2n) is 7.32. The molecule has 0 amide bonds. The summed E-state index contributed by atoms with van der Waals surface area (Å²) in [5, 5.41) is 20.4. The number of nitro groups is 1. The second kappa shape index (κ2) is 7.98. The fraction of sp³-hybridized carbons (Fsp3) is 0.300. The Balaban J connectivity index is 1.58. The van der Waals surface area contributed by atoms with Crippen LogP contribution in [0, 0.1) is 28.4 Å². The van der Waals surface area contributed by atoms with E-state index in [-0.39, 0.29) is 22.7 Å². The van der Waals surface area contributed by atoms with Gasteiger partial charge in [-0.15, -0.1) is 0 Å². The van der Waals surface area contributed by atoms with Crippen molar-refractivity contribution in [3.63, 3.8) is 0 Å². The number of benzene rings is 2. The third kappa shape index (κ3) is 3.83. The molecule has 1 N–H and O–H groups in total. The molecule has 2 heterocycles. The largest absolute Gasteiger partial charge is 0.341 e. The van der Waals surface area contributed by atoms with Crippen LogP contribution in [-0.4, -0.2) is 53.8 Å². The van der Waals surface area contributed by atoms with Gasteiger partial charge in [-0.2, -0.15) is 9.57 Å². The number of non-ortho nitro benzene ring substituents is 1. The summed E-state index contributed by atoms with van der Waals surface area (Å²) in [6.45, 7) is 3.25. The Labute approximate surface area is 178 Å². The van der Waals surface area contributed by atoms with E-state index in [2.05, 4.69) is 9.97 Å². The molecular weight excluding hydrogens is 420 g/mol. The topological polar surface area (TPSA) is 136 Å². The van der Waals surface area contributed by atoms with Crippen LogP contribution in [-0.2, 0) is 10.0 Å². The van der Waals surface area contributed by atoms with E-state index >= 15 is 0 Å². The fourth-order valence-corrected chi connectivity index (χ4v) is 5.42. The number of nitrogens with one attached hydrogen (secondary N) is 1. The molecule has 31 heavy (non-hydrogen) atoms. The van der Waals surface area contributed by atoms with E-state index in [1.54, 1.807) is 25.1 Å². The number of nitriles is 1. The zero-order chi connectivity index (χ0) is 22.2. The predicted octanol–water partition coefficient (Wildman–Crippen LogP) is 2.55. The first-order chi connectivity index (χ1) is 14.8. The standard InChI is InChI=1S/C20H20N6O4S/c1-14-4-2-5-19(16(14)13-21)31(29,30)25-9-3-8-24(10-11-25)20-22-17-7-6-15(26(27)28)12-18(17)23-20/h2,4-7,12H,3,8-11H2,1H3,(H,22,23). The fourth-order valence-electron chi connectivity index (χ4n) is 3.73. The Bertz CT molecular complexity index is 1310. The van der Waals surface area contributed by atoms with Gasteiger partial charge in [-0.25, -0.2) is 13.4 Å². The first-order valence-electron chi connectivity index (χ1n) is 9.70. The number of hydrogen-bond donors (Lipinski definition) is 1. The molecule has 0 unspecified atom stereocenters. The van der Waals surface area contributed by atoms with Crippen molar-refractivity contribution in [2.75, 3.05) is 31.1 Å². The maximum Gasteiger partial charge on any atom is 0.271 e. The summed E-state index contributed by atoms with van der Waals surface area (Å²) in [4.78, 5) is 20.1. The lowest BCUT2D eigenvalue weighted by Gasteiger charge is -2.22. The molecule has 0 aliphatic carbocycles. The molecule has 10 nitrogen and oxygen atoms in total. The van der Waals surface area contributed by atoms with E-state index in [9.17, 15) is 23.8 Å². The molecule has 0 saturated carbocycles. The van der Waals surface area contributed by atoms with E-state index in [1.807, 2.05) is 11.0 Å². The second-order valence-corrected chi connectivity index (χ2v) is 9.23. The van der Waals surface area contributed by atoms with Gasteiger partial charge in [-0.3, -0.25) is 10.1 Å². The number of nitro benzene ring substituents is 1. The number of nitrogens with zero attached hydrogens (tertiary/aromatic N) is 5. The average Bonchev–Trinajstić information content (AvgIpc) is 3.00. The molecule has 1 saturated heterocycles. The summed E-state index contributed by atoms with van der Waals surface area (Å²) in [7, 11) is -3.82. The van der Waals surface area contributed by atoms with Gasteiger partial charge in [-0.05, 0) is 31.0 Å². The summed E-state index contributed by atoms with van der Waals surface area (Å²) in [6, 6.07) is 11.3. The zero-order valence-electron chi connectivity index (χ0n) is 16.8. The van der Waals surface area contributed by atoms with Crippen molar-refractivity contribution in [1.82, 2.24) is 14.3 Å². The van der Waals surface area contributed by atoms with Crippen molar-refractivity contribution in [2.45, 2.75) is 18.2 Å². The molecule has 4 rings (SSSR count). The highest BCUT2D eigenvalue weighted by molar-refractivity contribution is 7.89.